The number of ether oxygens (including phenoxy) is 1. The van der Waals surface area contributed by atoms with Crippen molar-refractivity contribution in [2.45, 2.75) is 44.6 Å². The predicted octanol–water partition coefficient (Wildman–Crippen LogP) is 1.94. The predicted molar refractivity (Wildman–Crippen MR) is 88.6 cm³/mol. The Labute approximate surface area is 141 Å². The largest absolute Gasteiger partial charge is 0.369 e. The SMILES string of the molecule is NC(=O)C(CNC(=O)COC1CCCCC1)Cc1ccc(F)cc1. The summed E-state index contributed by atoms with van der Waals surface area (Å²) in [5.41, 5.74) is 6.19. The minimum Gasteiger partial charge on any atom is -0.369 e. The highest BCUT2D eigenvalue weighted by atomic mass is 19.1. The monoisotopic (exact) mass is 336 g/mol. The van der Waals surface area contributed by atoms with Crippen molar-refractivity contribution in [1.82, 2.24) is 5.32 Å². The number of hydrogen-bond acceptors (Lipinski definition) is 3. The summed E-state index contributed by atoms with van der Waals surface area (Å²) >= 11 is 0. The molecule has 1 aromatic rings. The number of primary amides is 1. The first kappa shape index (κ1) is 18.4. The minimum atomic E-state index is -0.533. The molecule has 2 rings (SSSR count). The number of benzene rings is 1. The van der Waals surface area contributed by atoms with Gasteiger partial charge in [0, 0.05) is 6.54 Å². The van der Waals surface area contributed by atoms with Crippen molar-refractivity contribution in [2.75, 3.05) is 13.2 Å². The molecule has 1 atom stereocenters. The van der Waals surface area contributed by atoms with Crippen molar-refractivity contribution in [3.8, 4) is 0 Å². The molecule has 2 amide bonds. The third-order valence-electron chi connectivity index (χ3n) is 4.35. The van der Waals surface area contributed by atoms with Crippen LogP contribution in [0.15, 0.2) is 24.3 Å². The van der Waals surface area contributed by atoms with Crippen LogP contribution in [0.3, 0.4) is 0 Å². The van der Waals surface area contributed by atoms with Crippen LogP contribution in [0.25, 0.3) is 0 Å². The topological polar surface area (TPSA) is 81.4 Å². The highest BCUT2D eigenvalue weighted by Crippen LogP contribution is 2.20. The van der Waals surface area contributed by atoms with E-state index in [1.165, 1.54) is 18.6 Å². The summed E-state index contributed by atoms with van der Waals surface area (Å²) in [6.45, 7) is 0.159. The van der Waals surface area contributed by atoms with Crippen LogP contribution in [0.4, 0.5) is 4.39 Å². The first-order valence-corrected chi connectivity index (χ1v) is 8.46. The quantitative estimate of drug-likeness (QED) is 0.761. The van der Waals surface area contributed by atoms with Gasteiger partial charge in [-0.05, 0) is 37.0 Å². The number of nitrogens with one attached hydrogen (secondary N) is 1. The maximum Gasteiger partial charge on any atom is 0.246 e. The van der Waals surface area contributed by atoms with Gasteiger partial charge in [-0.3, -0.25) is 9.59 Å². The molecule has 1 fully saturated rings. The van der Waals surface area contributed by atoms with Gasteiger partial charge in [0.1, 0.15) is 12.4 Å². The van der Waals surface area contributed by atoms with Crippen LogP contribution in [0.1, 0.15) is 37.7 Å². The number of amides is 2. The summed E-state index contributed by atoms with van der Waals surface area (Å²) in [4.78, 5) is 23.4. The Balaban J connectivity index is 1.74. The van der Waals surface area contributed by atoms with Crippen molar-refractivity contribution in [3.63, 3.8) is 0 Å². The molecular weight excluding hydrogens is 311 g/mol. The van der Waals surface area contributed by atoms with E-state index in [9.17, 15) is 14.0 Å². The summed E-state index contributed by atoms with van der Waals surface area (Å²) in [7, 11) is 0. The van der Waals surface area contributed by atoms with Gasteiger partial charge in [0.15, 0.2) is 0 Å². The lowest BCUT2D eigenvalue weighted by molar-refractivity contribution is -0.129. The van der Waals surface area contributed by atoms with E-state index in [1.54, 1.807) is 12.1 Å². The van der Waals surface area contributed by atoms with Crippen LogP contribution < -0.4 is 11.1 Å². The van der Waals surface area contributed by atoms with Gasteiger partial charge in [0.2, 0.25) is 11.8 Å². The molecule has 0 aromatic heterocycles. The molecule has 1 unspecified atom stereocenters. The summed E-state index contributed by atoms with van der Waals surface area (Å²) in [5.74, 6) is -1.60. The van der Waals surface area contributed by atoms with E-state index < -0.39 is 11.8 Å². The third kappa shape index (κ3) is 6.28. The van der Waals surface area contributed by atoms with Crippen molar-refractivity contribution < 1.29 is 18.7 Å². The fourth-order valence-electron chi connectivity index (χ4n) is 2.89. The fourth-order valence-corrected chi connectivity index (χ4v) is 2.89. The van der Waals surface area contributed by atoms with Crippen molar-refractivity contribution in [3.05, 3.63) is 35.6 Å². The van der Waals surface area contributed by atoms with Crippen molar-refractivity contribution in [2.24, 2.45) is 11.7 Å². The Hall–Kier alpha value is -1.95. The molecule has 24 heavy (non-hydrogen) atoms. The fraction of sp³-hybridized carbons (Fsp3) is 0.556. The molecule has 0 radical (unpaired) electrons. The van der Waals surface area contributed by atoms with E-state index in [0.29, 0.717) is 6.42 Å². The van der Waals surface area contributed by atoms with Crippen LogP contribution in [-0.4, -0.2) is 31.1 Å². The zero-order valence-electron chi connectivity index (χ0n) is 13.8. The van der Waals surface area contributed by atoms with Gasteiger partial charge >= 0.3 is 0 Å². The van der Waals surface area contributed by atoms with E-state index in [-0.39, 0.29) is 31.0 Å². The summed E-state index contributed by atoms with van der Waals surface area (Å²) in [6, 6.07) is 5.90. The molecule has 0 spiro atoms. The van der Waals surface area contributed by atoms with E-state index in [4.69, 9.17) is 10.5 Å². The molecule has 6 heteroatoms. The standard InChI is InChI=1S/C18H25FN2O3/c19-15-8-6-13(7-9-15)10-14(18(20)23)11-21-17(22)12-24-16-4-2-1-3-5-16/h6-9,14,16H,1-5,10-12H2,(H2,20,23)(H,21,22). The van der Waals surface area contributed by atoms with E-state index in [0.717, 1.165) is 31.2 Å². The highest BCUT2D eigenvalue weighted by molar-refractivity contribution is 5.80. The molecule has 1 aliphatic rings. The van der Waals surface area contributed by atoms with Gasteiger partial charge in [-0.1, -0.05) is 31.4 Å². The summed E-state index contributed by atoms with van der Waals surface area (Å²) < 4.78 is 18.5. The highest BCUT2D eigenvalue weighted by Gasteiger charge is 2.19. The maximum absolute atomic E-state index is 12.9. The van der Waals surface area contributed by atoms with Crippen LogP contribution in [0.5, 0.6) is 0 Å². The molecule has 0 heterocycles. The zero-order chi connectivity index (χ0) is 17.4. The molecule has 3 N–H and O–H groups in total. The van der Waals surface area contributed by atoms with Gasteiger partial charge in [-0.2, -0.15) is 0 Å². The van der Waals surface area contributed by atoms with Gasteiger partial charge in [-0.15, -0.1) is 0 Å². The zero-order valence-corrected chi connectivity index (χ0v) is 13.8. The Morgan fingerprint density at radius 3 is 2.50 bits per heavy atom. The molecular formula is C18H25FN2O3. The summed E-state index contributed by atoms with van der Waals surface area (Å²) in [6.07, 6.45) is 6.05. The van der Waals surface area contributed by atoms with E-state index >= 15 is 0 Å². The first-order chi connectivity index (χ1) is 11.5. The Morgan fingerprint density at radius 1 is 1.21 bits per heavy atom. The summed E-state index contributed by atoms with van der Waals surface area (Å²) in [5, 5.41) is 2.70. The number of carbonyl (C=O) groups excluding carboxylic acids is 2. The molecule has 132 valence electrons. The van der Waals surface area contributed by atoms with Crippen LogP contribution in [-0.2, 0) is 20.7 Å². The number of rotatable bonds is 8. The van der Waals surface area contributed by atoms with Crippen LogP contribution in [0.2, 0.25) is 0 Å². The first-order valence-electron chi connectivity index (χ1n) is 8.46. The Kier molecular flexibility index (Phi) is 7.18. The van der Waals surface area contributed by atoms with Gasteiger partial charge in [0.05, 0.1) is 12.0 Å². The lowest BCUT2D eigenvalue weighted by Crippen LogP contribution is -2.39. The van der Waals surface area contributed by atoms with Crippen molar-refractivity contribution >= 4 is 11.8 Å². The Bertz CT molecular complexity index is 542. The lowest BCUT2D eigenvalue weighted by Gasteiger charge is -2.22. The average molecular weight is 336 g/mol. The Morgan fingerprint density at radius 2 is 1.88 bits per heavy atom. The van der Waals surface area contributed by atoms with Gasteiger partial charge in [0.25, 0.3) is 0 Å². The number of carbonyl (C=O) groups is 2. The molecule has 1 aromatic carbocycles. The molecule has 1 aliphatic carbocycles. The smallest absolute Gasteiger partial charge is 0.246 e. The van der Waals surface area contributed by atoms with Gasteiger partial charge in [-0.25, -0.2) is 4.39 Å². The lowest BCUT2D eigenvalue weighted by atomic mass is 9.98. The number of halogens is 1. The molecule has 0 bridgehead atoms. The normalized spacial score (nSPS) is 16.5. The second kappa shape index (κ2) is 9.37. The second-order valence-corrected chi connectivity index (χ2v) is 6.30. The van der Waals surface area contributed by atoms with E-state index in [1.807, 2.05) is 0 Å². The molecule has 1 saturated carbocycles. The van der Waals surface area contributed by atoms with Crippen LogP contribution in [0, 0.1) is 11.7 Å². The second-order valence-electron chi connectivity index (χ2n) is 6.30. The van der Waals surface area contributed by atoms with Crippen molar-refractivity contribution in [1.29, 1.82) is 0 Å². The third-order valence-corrected chi connectivity index (χ3v) is 4.35. The molecule has 0 saturated heterocycles. The van der Waals surface area contributed by atoms with Gasteiger partial charge < -0.3 is 15.8 Å². The minimum absolute atomic E-state index is 0.00664. The number of nitrogens with two attached hydrogens (primary N) is 1. The molecule has 5 nitrogen and oxygen atoms in total. The molecule has 0 aliphatic heterocycles. The van der Waals surface area contributed by atoms with Crippen LogP contribution >= 0.6 is 0 Å². The maximum atomic E-state index is 12.9. The van der Waals surface area contributed by atoms with E-state index in [2.05, 4.69) is 5.32 Å². The number of hydrogen-bond donors (Lipinski definition) is 2. The average Bonchev–Trinajstić information content (AvgIpc) is 2.59.